The molecule has 0 saturated heterocycles. The van der Waals surface area contributed by atoms with Crippen molar-refractivity contribution in [2.24, 2.45) is 0 Å². The smallest absolute Gasteiger partial charge is 0.416 e. The summed E-state index contributed by atoms with van der Waals surface area (Å²) in [6.45, 7) is 1.50. The van der Waals surface area contributed by atoms with Crippen molar-refractivity contribution in [1.29, 1.82) is 0 Å². The Morgan fingerprint density at radius 1 is 1.21 bits per heavy atom. The number of amides is 2. The standard InChI is InChI=1S/C16H17F3N2O3/c1-9-12(14(22)24-4)13(21(3)15(23)20(9)2)10-7-5-6-8-11(10)16(17,18)19/h5-8,13H,1-4H3. The van der Waals surface area contributed by atoms with Crippen LogP contribution in [0.4, 0.5) is 18.0 Å². The number of alkyl halides is 3. The highest BCUT2D eigenvalue weighted by atomic mass is 19.4. The van der Waals surface area contributed by atoms with Crippen LogP contribution in [0.15, 0.2) is 35.5 Å². The van der Waals surface area contributed by atoms with E-state index >= 15 is 0 Å². The lowest BCUT2D eigenvalue weighted by molar-refractivity contribution is -0.140. The van der Waals surface area contributed by atoms with Crippen LogP contribution in [-0.4, -0.2) is 43.0 Å². The minimum atomic E-state index is -4.61. The van der Waals surface area contributed by atoms with E-state index < -0.39 is 29.8 Å². The minimum absolute atomic E-state index is 0.00111. The Labute approximate surface area is 137 Å². The number of allylic oxidation sites excluding steroid dienone is 1. The zero-order valence-electron chi connectivity index (χ0n) is 13.6. The summed E-state index contributed by atoms with van der Waals surface area (Å²) < 4.78 is 44.8. The van der Waals surface area contributed by atoms with Gasteiger partial charge in [0.1, 0.15) is 0 Å². The van der Waals surface area contributed by atoms with Crippen molar-refractivity contribution in [3.63, 3.8) is 0 Å². The van der Waals surface area contributed by atoms with E-state index in [1.807, 2.05) is 0 Å². The molecular weight excluding hydrogens is 325 g/mol. The number of methoxy groups -OCH3 is 1. The fourth-order valence-corrected chi connectivity index (χ4v) is 2.79. The SMILES string of the molecule is COC(=O)C1=C(C)N(C)C(=O)N(C)C1c1ccccc1C(F)(F)F. The second-order valence-corrected chi connectivity index (χ2v) is 5.43. The van der Waals surface area contributed by atoms with Gasteiger partial charge in [0.05, 0.1) is 24.3 Å². The average Bonchev–Trinajstić information content (AvgIpc) is 2.54. The van der Waals surface area contributed by atoms with Crippen LogP contribution in [0.2, 0.25) is 0 Å². The number of carbonyl (C=O) groups is 2. The molecule has 0 spiro atoms. The molecule has 0 aliphatic carbocycles. The number of urea groups is 1. The molecule has 24 heavy (non-hydrogen) atoms. The van der Waals surface area contributed by atoms with E-state index in [0.29, 0.717) is 0 Å². The highest BCUT2D eigenvalue weighted by Crippen LogP contribution is 2.42. The lowest BCUT2D eigenvalue weighted by atomic mass is 9.90. The lowest BCUT2D eigenvalue weighted by Gasteiger charge is -2.40. The molecule has 0 aromatic heterocycles. The molecule has 0 bridgehead atoms. The van der Waals surface area contributed by atoms with Crippen molar-refractivity contribution in [2.75, 3.05) is 21.2 Å². The molecule has 1 atom stereocenters. The first-order valence-electron chi connectivity index (χ1n) is 7.07. The van der Waals surface area contributed by atoms with E-state index in [-0.39, 0.29) is 16.8 Å². The summed E-state index contributed by atoms with van der Waals surface area (Å²) in [6.07, 6.45) is -4.61. The van der Waals surface area contributed by atoms with Crippen LogP contribution >= 0.6 is 0 Å². The first-order chi connectivity index (χ1) is 11.1. The number of rotatable bonds is 2. The van der Waals surface area contributed by atoms with Gasteiger partial charge in [-0.3, -0.25) is 0 Å². The van der Waals surface area contributed by atoms with Crippen LogP contribution < -0.4 is 0 Å². The van der Waals surface area contributed by atoms with Gasteiger partial charge in [-0.05, 0) is 18.6 Å². The van der Waals surface area contributed by atoms with Crippen molar-refractivity contribution in [3.8, 4) is 0 Å². The van der Waals surface area contributed by atoms with E-state index in [1.165, 1.54) is 44.1 Å². The van der Waals surface area contributed by atoms with Crippen LogP contribution in [-0.2, 0) is 15.7 Å². The van der Waals surface area contributed by atoms with Gasteiger partial charge in [0.25, 0.3) is 0 Å². The largest absolute Gasteiger partial charge is 0.466 e. The van der Waals surface area contributed by atoms with Gasteiger partial charge in [0, 0.05) is 19.8 Å². The van der Waals surface area contributed by atoms with Gasteiger partial charge in [-0.25, -0.2) is 9.59 Å². The first-order valence-corrected chi connectivity index (χ1v) is 7.07. The average molecular weight is 342 g/mol. The lowest BCUT2D eigenvalue weighted by Crippen LogP contribution is -2.47. The molecule has 0 fully saturated rings. The van der Waals surface area contributed by atoms with E-state index in [9.17, 15) is 22.8 Å². The van der Waals surface area contributed by atoms with Crippen molar-refractivity contribution in [3.05, 3.63) is 46.7 Å². The molecule has 1 heterocycles. The molecule has 1 aromatic rings. The highest BCUT2D eigenvalue weighted by Gasteiger charge is 2.43. The molecule has 1 aromatic carbocycles. The van der Waals surface area contributed by atoms with Crippen LogP contribution in [0.1, 0.15) is 24.1 Å². The fraction of sp³-hybridized carbons (Fsp3) is 0.375. The number of benzene rings is 1. The molecule has 5 nitrogen and oxygen atoms in total. The molecule has 1 unspecified atom stereocenters. The molecule has 1 aliphatic heterocycles. The third-order valence-corrected chi connectivity index (χ3v) is 4.11. The van der Waals surface area contributed by atoms with Crippen molar-refractivity contribution >= 4 is 12.0 Å². The number of likely N-dealkylation sites (N-methyl/N-ethyl adjacent to an activating group) is 1. The highest BCUT2D eigenvalue weighted by molar-refractivity contribution is 5.95. The van der Waals surface area contributed by atoms with Gasteiger partial charge in [0.2, 0.25) is 0 Å². The van der Waals surface area contributed by atoms with Gasteiger partial charge in [0.15, 0.2) is 0 Å². The number of hydrogen-bond acceptors (Lipinski definition) is 3. The summed E-state index contributed by atoms with van der Waals surface area (Å²) >= 11 is 0. The second kappa shape index (κ2) is 6.18. The Hall–Kier alpha value is -2.51. The van der Waals surface area contributed by atoms with Crippen molar-refractivity contribution in [1.82, 2.24) is 9.80 Å². The maximum absolute atomic E-state index is 13.4. The summed E-state index contributed by atoms with van der Waals surface area (Å²) in [5.74, 6) is -0.777. The van der Waals surface area contributed by atoms with Crippen LogP contribution in [0.25, 0.3) is 0 Å². The van der Waals surface area contributed by atoms with Gasteiger partial charge in [-0.1, -0.05) is 18.2 Å². The van der Waals surface area contributed by atoms with E-state index in [4.69, 9.17) is 4.74 Å². The van der Waals surface area contributed by atoms with E-state index in [0.717, 1.165) is 18.1 Å². The molecule has 2 rings (SSSR count). The Morgan fingerprint density at radius 3 is 2.33 bits per heavy atom. The zero-order chi connectivity index (χ0) is 18.2. The van der Waals surface area contributed by atoms with Crippen LogP contribution in [0, 0.1) is 0 Å². The maximum Gasteiger partial charge on any atom is 0.416 e. The summed E-state index contributed by atoms with van der Waals surface area (Å²) in [5.41, 5.74) is -0.812. The molecule has 1 aliphatic rings. The quantitative estimate of drug-likeness (QED) is 0.776. The molecule has 0 N–H and O–H groups in total. The van der Waals surface area contributed by atoms with Crippen molar-refractivity contribution in [2.45, 2.75) is 19.1 Å². The first kappa shape index (κ1) is 17.8. The maximum atomic E-state index is 13.4. The van der Waals surface area contributed by atoms with Gasteiger partial charge in [-0.15, -0.1) is 0 Å². The zero-order valence-corrected chi connectivity index (χ0v) is 13.6. The number of nitrogens with zero attached hydrogens (tertiary/aromatic N) is 2. The molecular formula is C16H17F3N2O3. The fourth-order valence-electron chi connectivity index (χ4n) is 2.79. The number of halogens is 3. The molecule has 8 heteroatoms. The Bertz CT molecular complexity index is 713. The van der Waals surface area contributed by atoms with Gasteiger partial charge < -0.3 is 14.5 Å². The molecule has 0 saturated carbocycles. The number of ether oxygens (including phenoxy) is 1. The predicted octanol–water partition coefficient (Wildman–Crippen LogP) is 3.19. The Balaban J connectivity index is 2.75. The Kier molecular flexibility index (Phi) is 4.59. The van der Waals surface area contributed by atoms with E-state index in [1.54, 1.807) is 0 Å². The molecule has 0 radical (unpaired) electrons. The van der Waals surface area contributed by atoms with Gasteiger partial charge >= 0.3 is 18.2 Å². The number of carbonyl (C=O) groups excluding carboxylic acids is 2. The molecule has 130 valence electrons. The van der Waals surface area contributed by atoms with Gasteiger partial charge in [-0.2, -0.15) is 13.2 Å². The summed E-state index contributed by atoms with van der Waals surface area (Å²) in [7, 11) is 3.95. The third kappa shape index (κ3) is 2.83. The second-order valence-electron chi connectivity index (χ2n) is 5.43. The summed E-state index contributed by atoms with van der Waals surface area (Å²) in [6, 6.07) is 3.19. The number of esters is 1. The topological polar surface area (TPSA) is 49.9 Å². The minimum Gasteiger partial charge on any atom is -0.466 e. The number of hydrogen-bond donors (Lipinski definition) is 0. The summed E-state index contributed by atoms with van der Waals surface area (Å²) in [5, 5.41) is 0. The Morgan fingerprint density at radius 2 is 1.79 bits per heavy atom. The van der Waals surface area contributed by atoms with Crippen LogP contribution in [0.3, 0.4) is 0 Å². The molecule has 2 amide bonds. The van der Waals surface area contributed by atoms with Crippen molar-refractivity contribution < 1.29 is 27.5 Å². The van der Waals surface area contributed by atoms with E-state index in [2.05, 4.69) is 0 Å². The predicted molar refractivity (Wildman–Crippen MR) is 79.8 cm³/mol. The summed E-state index contributed by atoms with van der Waals surface area (Å²) in [4.78, 5) is 26.8. The monoisotopic (exact) mass is 342 g/mol. The van der Waals surface area contributed by atoms with Crippen LogP contribution in [0.5, 0.6) is 0 Å². The normalized spacial score (nSPS) is 19.0. The third-order valence-electron chi connectivity index (χ3n) is 4.11.